The predicted octanol–water partition coefficient (Wildman–Crippen LogP) is 3.09. The molecular formula is C19H23ClN4O3. The van der Waals surface area contributed by atoms with Gasteiger partial charge in [0.05, 0.1) is 30.0 Å². The predicted molar refractivity (Wildman–Crippen MR) is 101 cm³/mol. The second-order valence-corrected chi connectivity index (χ2v) is 6.87. The average molecular weight is 391 g/mol. The Kier molecular flexibility index (Phi) is 6.58. The van der Waals surface area contributed by atoms with Gasteiger partial charge in [0, 0.05) is 36.6 Å². The molecule has 0 saturated carbocycles. The fraction of sp³-hybridized carbons (Fsp3) is 0.474. The van der Waals surface area contributed by atoms with Crippen LogP contribution in [0.25, 0.3) is 0 Å². The third-order valence-electron chi connectivity index (χ3n) is 4.63. The lowest BCUT2D eigenvalue weighted by Gasteiger charge is -2.32. The van der Waals surface area contributed by atoms with Gasteiger partial charge in [-0.15, -0.1) is 0 Å². The van der Waals surface area contributed by atoms with E-state index in [9.17, 15) is 4.79 Å². The van der Waals surface area contributed by atoms with E-state index in [4.69, 9.17) is 21.1 Å². The van der Waals surface area contributed by atoms with Crippen LogP contribution in [0.5, 0.6) is 6.01 Å². The maximum absolute atomic E-state index is 12.3. The lowest BCUT2D eigenvalue weighted by Crippen LogP contribution is -2.33. The molecule has 0 spiro atoms. The van der Waals surface area contributed by atoms with Crippen LogP contribution >= 0.6 is 11.6 Å². The van der Waals surface area contributed by atoms with E-state index in [-0.39, 0.29) is 11.9 Å². The van der Waals surface area contributed by atoms with Crippen molar-refractivity contribution in [1.82, 2.24) is 19.9 Å². The molecule has 3 heterocycles. The molecule has 0 aliphatic carbocycles. The van der Waals surface area contributed by atoms with Crippen molar-refractivity contribution in [2.24, 2.45) is 0 Å². The summed E-state index contributed by atoms with van der Waals surface area (Å²) >= 11 is 6.04. The number of aromatic nitrogens is 3. The van der Waals surface area contributed by atoms with Gasteiger partial charge in [0.25, 0.3) is 0 Å². The number of halogens is 1. The fourth-order valence-electron chi connectivity index (χ4n) is 3.30. The Bertz CT molecular complexity index is 777. The van der Waals surface area contributed by atoms with E-state index in [0.29, 0.717) is 23.2 Å². The number of carbonyl (C=O) groups is 1. The minimum atomic E-state index is -0.361. The number of nitrogens with zero attached hydrogens (tertiary/aromatic N) is 4. The molecule has 3 rings (SSSR count). The Morgan fingerprint density at radius 1 is 1.22 bits per heavy atom. The molecule has 0 amide bonds. The number of piperidine rings is 1. The molecule has 0 unspecified atom stereocenters. The number of carbonyl (C=O) groups excluding carboxylic acids is 1. The Labute approximate surface area is 163 Å². The SMILES string of the molecule is CCOC(=O)c1cc(Cl)cnc1C1CCN(Cc2cnc(OC)nc2)CC1. The molecule has 8 heteroatoms. The molecule has 27 heavy (non-hydrogen) atoms. The van der Waals surface area contributed by atoms with Crippen molar-refractivity contribution in [1.29, 1.82) is 0 Å². The molecule has 1 saturated heterocycles. The molecule has 2 aromatic rings. The zero-order valence-corrected chi connectivity index (χ0v) is 16.3. The van der Waals surface area contributed by atoms with Crippen molar-refractivity contribution in [3.63, 3.8) is 0 Å². The molecule has 7 nitrogen and oxygen atoms in total. The van der Waals surface area contributed by atoms with Crippen molar-refractivity contribution >= 4 is 17.6 Å². The number of rotatable bonds is 6. The zero-order valence-electron chi connectivity index (χ0n) is 15.5. The summed E-state index contributed by atoms with van der Waals surface area (Å²) in [7, 11) is 1.55. The van der Waals surface area contributed by atoms with E-state index in [0.717, 1.165) is 43.7 Å². The monoisotopic (exact) mass is 390 g/mol. The number of ether oxygens (including phenoxy) is 2. The minimum absolute atomic E-state index is 0.213. The van der Waals surface area contributed by atoms with Crippen LogP contribution in [0.1, 0.15) is 47.3 Å². The van der Waals surface area contributed by atoms with Crippen molar-refractivity contribution in [2.75, 3.05) is 26.8 Å². The largest absolute Gasteiger partial charge is 0.467 e. The zero-order chi connectivity index (χ0) is 19.2. The first-order chi connectivity index (χ1) is 13.1. The van der Waals surface area contributed by atoms with Crippen molar-refractivity contribution < 1.29 is 14.3 Å². The van der Waals surface area contributed by atoms with E-state index in [1.807, 2.05) is 0 Å². The summed E-state index contributed by atoms with van der Waals surface area (Å²) in [6.45, 7) is 4.71. The van der Waals surface area contributed by atoms with E-state index in [1.54, 1.807) is 38.7 Å². The van der Waals surface area contributed by atoms with E-state index in [2.05, 4.69) is 19.9 Å². The van der Waals surface area contributed by atoms with Crippen molar-refractivity contribution in [3.8, 4) is 6.01 Å². The molecule has 1 aliphatic rings. The number of hydrogen-bond donors (Lipinski definition) is 0. The third kappa shape index (κ3) is 4.93. The molecule has 0 bridgehead atoms. The highest BCUT2D eigenvalue weighted by Gasteiger charge is 2.26. The van der Waals surface area contributed by atoms with E-state index < -0.39 is 0 Å². The summed E-state index contributed by atoms with van der Waals surface area (Å²) in [5.74, 6) is -0.148. The van der Waals surface area contributed by atoms with Crippen molar-refractivity contribution in [3.05, 3.63) is 46.5 Å². The van der Waals surface area contributed by atoms with Gasteiger partial charge in [-0.2, -0.15) is 0 Å². The molecule has 0 atom stereocenters. The molecular weight excluding hydrogens is 368 g/mol. The molecule has 0 aromatic carbocycles. The van der Waals surface area contributed by atoms with Crippen LogP contribution in [0.2, 0.25) is 5.02 Å². The maximum atomic E-state index is 12.3. The van der Waals surface area contributed by atoms with Crippen LogP contribution in [0.4, 0.5) is 0 Å². The van der Waals surface area contributed by atoms with Gasteiger partial charge in [0.2, 0.25) is 0 Å². The Balaban J connectivity index is 1.64. The highest BCUT2D eigenvalue weighted by molar-refractivity contribution is 6.30. The van der Waals surface area contributed by atoms with Crippen LogP contribution in [-0.4, -0.2) is 52.6 Å². The first-order valence-electron chi connectivity index (χ1n) is 9.00. The first kappa shape index (κ1) is 19.5. The summed E-state index contributed by atoms with van der Waals surface area (Å²) in [5, 5.41) is 0.443. The lowest BCUT2D eigenvalue weighted by atomic mass is 9.90. The topological polar surface area (TPSA) is 77.4 Å². The number of hydrogen-bond acceptors (Lipinski definition) is 7. The Morgan fingerprint density at radius 3 is 2.56 bits per heavy atom. The van der Waals surface area contributed by atoms with Crippen LogP contribution < -0.4 is 4.74 Å². The van der Waals surface area contributed by atoms with E-state index >= 15 is 0 Å². The Morgan fingerprint density at radius 2 is 1.93 bits per heavy atom. The van der Waals surface area contributed by atoms with Gasteiger partial charge in [0.1, 0.15) is 0 Å². The van der Waals surface area contributed by atoms with Gasteiger partial charge in [-0.3, -0.25) is 9.88 Å². The van der Waals surface area contributed by atoms with Gasteiger partial charge in [-0.25, -0.2) is 14.8 Å². The molecule has 1 aliphatic heterocycles. The molecule has 0 N–H and O–H groups in total. The van der Waals surface area contributed by atoms with Crippen LogP contribution in [0, 0.1) is 0 Å². The maximum Gasteiger partial charge on any atom is 0.340 e. The standard InChI is InChI=1S/C19H23ClN4O3/c1-3-27-18(25)16-8-15(20)11-21-17(16)14-4-6-24(7-5-14)12-13-9-22-19(26-2)23-10-13/h8-11,14H,3-7,12H2,1-2H3. The van der Waals surface area contributed by atoms with Gasteiger partial charge in [-0.05, 0) is 38.9 Å². The molecule has 144 valence electrons. The summed E-state index contributed by atoms with van der Waals surface area (Å²) in [6.07, 6.45) is 7.01. The summed E-state index contributed by atoms with van der Waals surface area (Å²) in [4.78, 5) is 27.4. The second kappa shape index (κ2) is 9.10. The summed E-state index contributed by atoms with van der Waals surface area (Å²) in [5.41, 5.74) is 2.31. The highest BCUT2D eigenvalue weighted by atomic mass is 35.5. The first-order valence-corrected chi connectivity index (χ1v) is 9.38. The van der Waals surface area contributed by atoms with E-state index in [1.165, 1.54) is 0 Å². The number of esters is 1. The summed E-state index contributed by atoms with van der Waals surface area (Å²) in [6, 6.07) is 2.03. The van der Waals surface area contributed by atoms with Gasteiger partial charge < -0.3 is 9.47 Å². The smallest absolute Gasteiger partial charge is 0.340 e. The average Bonchev–Trinajstić information content (AvgIpc) is 2.69. The van der Waals surface area contributed by atoms with Gasteiger partial charge in [-0.1, -0.05) is 11.6 Å². The molecule has 1 fully saturated rings. The fourth-order valence-corrected chi connectivity index (χ4v) is 3.46. The lowest BCUT2D eigenvalue weighted by molar-refractivity contribution is 0.0523. The minimum Gasteiger partial charge on any atom is -0.467 e. The van der Waals surface area contributed by atoms with Crippen molar-refractivity contribution in [2.45, 2.75) is 32.2 Å². The molecule has 2 aromatic heterocycles. The number of methoxy groups -OCH3 is 1. The second-order valence-electron chi connectivity index (χ2n) is 6.44. The molecule has 0 radical (unpaired) electrons. The highest BCUT2D eigenvalue weighted by Crippen LogP contribution is 2.31. The van der Waals surface area contributed by atoms with Gasteiger partial charge >= 0.3 is 12.0 Å². The quantitative estimate of drug-likeness (QED) is 0.701. The number of likely N-dealkylation sites (tertiary alicyclic amines) is 1. The number of pyridine rings is 1. The van der Waals surface area contributed by atoms with Gasteiger partial charge in [0.15, 0.2) is 0 Å². The van der Waals surface area contributed by atoms with Crippen LogP contribution in [-0.2, 0) is 11.3 Å². The summed E-state index contributed by atoms with van der Waals surface area (Å²) < 4.78 is 10.1. The third-order valence-corrected chi connectivity index (χ3v) is 4.83. The Hall–Kier alpha value is -2.25. The van der Waals surface area contributed by atoms with Crippen LogP contribution in [0.3, 0.4) is 0 Å². The normalized spacial score (nSPS) is 15.5. The van der Waals surface area contributed by atoms with Crippen LogP contribution in [0.15, 0.2) is 24.7 Å².